The molecule has 0 aliphatic carbocycles. The molecule has 3 heteroatoms. The fourth-order valence-electron chi connectivity index (χ4n) is 1.86. The van der Waals surface area contributed by atoms with Crippen molar-refractivity contribution in [2.75, 3.05) is 26.2 Å². The Morgan fingerprint density at radius 2 is 1.76 bits per heavy atom. The largest absolute Gasteiger partial charge is 0.316 e. The fourth-order valence-corrected chi connectivity index (χ4v) is 1.86. The van der Waals surface area contributed by atoms with Crippen LogP contribution in [0.2, 0.25) is 0 Å². The minimum Gasteiger partial charge on any atom is -0.316 e. The molecule has 0 spiro atoms. The molecule has 0 amide bonds. The zero-order valence-electron chi connectivity index (χ0n) is 11.0. The number of hydrogen-bond donors (Lipinski definition) is 2. The molecule has 17 heavy (non-hydrogen) atoms. The monoisotopic (exact) mass is 238 g/mol. The van der Waals surface area contributed by atoms with Gasteiger partial charge in [-0.2, -0.15) is 0 Å². The maximum Gasteiger partial charge on any atom is 0.126 e. The van der Waals surface area contributed by atoms with E-state index in [9.17, 15) is 4.39 Å². The Bertz CT molecular complexity index is 337. The van der Waals surface area contributed by atoms with Gasteiger partial charge in [0.2, 0.25) is 0 Å². The minimum absolute atomic E-state index is 0.119. The maximum atomic E-state index is 13.7. The van der Waals surface area contributed by atoms with E-state index in [4.69, 9.17) is 0 Å². The van der Waals surface area contributed by atoms with Crippen molar-refractivity contribution in [3.05, 3.63) is 35.6 Å². The van der Waals surface area contributed by atoms with Gasteiger partial charge in [-0.25, -0.2) is 4.39 Å². The minimum atomic E-state index is -0.183. The van der Waals surface area contributed by atoms with Crippen molar-refractivity contribution in [2.45, 2.75) is 26.2 Å². The molecular weight excluding hydrogens is 215 g/mol. The molecule has 1 aromatic rings. The molecule has 2 N–H and O–H groups in total. The molecule has 0 fully saturated rings. The van der Waals surface area contributed by atoms with Gasteiger partial charge in [-0.15, -0.1) is 0 Å². The third-order valence-electron chi connectivity index (χ3n) is 2.90. The molecule has 0 aliphatic heterocycles. The van der Waals surface area contributed by atoms with Crippen molar-refractivity contribution in [3.8, 4) is 0 Å². The zero-order chi connectivity index (χ0) is 12.7. The van der Waals surface area contributed by atoms with Crippen LogP contribution < -0.4 is 10.6 Å². The first-order valence-corrected chi connectivity index (χ1v) is 6.24. The topological polar surface area (TPSA) is 24.1 Å². The van der Waals surface area contributed by atoms with Gasteiger partial charge in [0, 0.05) is 25.0 Å². The van der Waals surface area contributed by atoms with Gasteiger partial charge in [-0.05, 0) is 18.2 Å². The number of hydrogen-bond acceptors (Lipinski definition) is 2. The van der Waals surface area contributed by atoms with Crippen LogP contribution in [0.25, 0.3) is 0 Å². The lowest BCUT2D eigenvalue weighted by Crippen LogP contribution is -2.37. The Labute approximate surface area is 104 Å². The highest BCUT2D eigenvalue weighted by Crippen LogP contribution is 2.24. The molecule has 0 atom stereocenters. The van der Waals surface area contributed by atoms with Crippen LogP contribution in [0.5, 0.6) is 0 Å². The highest BCUT2D eigenvalue weighted by Gasteiger charge is 2.22. The molecule has 1 rings (SSSR count). The molecule has 0 aromatic heterocycles. The molecule has 0 radical (unpaired) electrons. The summed E-state index contributed by atoms with van der Waals surface area (Å²) in [5, 5.41) is 6.61. The van der Waals surface area contributed by atoms with Gasteiger partial charge in [0.15, 0.2) is 0 Å². The standard InChI is InChI=1S/C14H23FN2/c1-4-16-9-10-17-11-14(2,3)12-7-5-6-8-13(12)15/h5-8,16-17H,4,9-11H2,1-3H3. The number of benzene rings is 1. The molecule has 0 aliphatic rings. The summed E-state index contributed by atoms with van der Waals surface area (Å²) < 4.78 is 13.7. The van der Waals surface area contributed by atoms with Crippen molar-refractivity contribution in [3.63, 3.8) is 0 Å². The van der Waals surface area contributed by atoms with E-state index in [1.54, 1.807) is 6.07 Å². The maximum absolute atomic E-state index is 13.7. The predicted octanol–water partition coefficient (Wildman–Crippen LogP) is 2.30. The van der Waals surface area contributed by atoms with Crippen molar-refractivity contribution in [2.24, 2.45) is 0 Å². The Morgan fingerprint density at radius 1 is 1.12 bits per heavy atom. The number of likely N-dealkylation sites (N-methyl/N-ethyl adjacent to an activating group) is 1. The normalized spacial score (nSPS) is 11.8. The van der Waals surface area contributed by atoms with E-state index in [2.05, 4.69) is 31.4 Å². The lowest BCUT2D eigenvalue weighted by atomic mass is 9.84. The van der Waals surface area contributed by atoms with E-state index in [0.29, 0.717) is 0 Å². The van der Waals surface area contributed by atoms with E-state index in [0.717, 1.165) is 31.7 Å². The summed E-state index contributed by atoms with van der Waals surface area (Å²) in [4.78, 5) is 0. The summed E-state index contributed by atoms with van der Waals surface area (Å²) in [6.45, 7) is 9.83. The third kappa shape index (κ3) is 4.44. The predicted molar refractivity (Wildman–Crippen MR) is 70.8 cm³/mol. The SMILES string of the molecule is CCNCCNCC(C)(C)c1ccccc1F. The molecule has 0 unspecified atom stereocenters. The van der Waals surface area contributed by atoms with Gasteiger partial charge in [0.25, 0.3) is 0 Å². The summed E-state index contributed by atoms with van der Waals surface area (Å²) in [5.74, 6) is -0.119. The molecule has 0 bridgehead atoms. The van der Waals surface area contributed by atoms with Gasteiger partial charge >= 0.3 is 0 Å². The second kappa shape index (κ2) is 6.72. The molecule has 2 nitrogen and oxygen atoms in total. The van der Waals surface area contributed by atoms with Crippen LogP contribution >= 0.6 is 0 Å². The van der Waals surface area contributed by atoms with E-state index >= 15 is 0 Å². The number of rotatable bonds is 7. The van der Waals surface area contributed by atoms with Gasteiger partial charge in [0.05, 0.1) is 0 Å². The second-order valence-electron chi connectivity index (χ2n) is 4.89. The Hall–Kier alpha value is -0.930. The third-order valence-corrected chi connectivity index (χ3v) is 2.90. The van der Waals surface area contributed by atoms with Crippen LogP contribution in [0.15, 0.2) is 24.3 Å². The highest BCUT2D eigenvalue weighted by molar-refractivity contribution is 5.25. The molecule has 0 saturated carbocycles. The van der Waals surface area contributed by atoms with Gasteiger partial charge < -0.3 is 10.6 Å². The van der Waals surface area contributed by atoms with Crippen LogP contribution in [-0.2, 0) is 5.41 Å². The van der Waals surface area contributed by atoms with Crippen LogP contribution in [-0.4, -0.2) is 26.2 Å². The fraction of sp³-hybridized carbons (Fsp3) is 0.571. The smallest absolute Gasteiger partial charge is 0.126 e. The first-order valence-electron chi connectivity index (χ1n) is 6.24. The van der Waals surface area contributed by atoms with Crippen LogP contribution in [0.1, 0.15) is 26.3 Å². The van der Waals surface area contributed by atoms with Crippen molar-refractivity contribution in [1.82, 2.24) is 10.6 Å². The molecule has 0 saturated heterocycles. The average Bonchev–Trinajstić information content (AvgIpc) is 2.29. The lowest BCUT2D eigenvalue weighted by molar-refractivity contribution is 0.443. The Balaban J connectivity index is 2.48. The second-order valence-corrected chi connectivity index (χ2v) is 4.89. The molecule has 1 aromatic carbocycles. The molecule has 0 heterocycles. The number of nitrogens with one attached hydrogen (secondary N) is 2. The van der Waals surface area contributed by atoms with Crippen LogP contribution in [0.3, 0.4) is 0 Å². The van der Waals surface area contributed by atoms with E-state index in [-0.39, 0.29) is 11.2 Å². The molecule has 96 valence electrons. The highest BCUT2D eigenvalue weighted by atomic mass is 19.1. The first kappa shape index (κ1) is 14.1. The Kier molecular flexibility index (Phi) is 5.59. The average molecular weight is 238 g/mol. The van der Waals surface area contributed by atoms with E-state index < -0.39 is 0 Å². The molecular formula is C14H23FN2. The van der Waals surface area contributed by atoms with Crippen LogP contribution in [0.4, 0.5) is 4.39 Å². The zero-order valence-corrected chi connectivity index (χ0v) is 11.0. The van der Waals surface area contributed by atoms with Gasteiger partial charge in [-0.3, -0.25) is 0 Å². The van der Waals surface area contributed by atoms with Crippen molar-refractivity contribution >= 4 is 0 Å². The quantitative estimate of drug-likeness (QED) is 0.712. The summed E-state index contributed by atoms with van der Waals surface area (Å²) in [7, 11) is 0. The summed E-state index contributed by atoms with van der Waals surface area (Å²) in [5.41, 5.74) is 0.591. The van der Waals surface area contributed by atoms with Crippen LogP contribution in [0, 0.1) is 5.82 Å². The van der Waals surface area contributed by atoms with E-state index in [1.807, 2.05) is 12.1 Å². The summed E-state index contributed by atoms with van der Waals surface area (Å²) in [6.07, 6.45) is 0. The Morgan fingerprint density at radius 3 is 2.41 bits per heavy atom. The lowest BCUT2D eigenvalue weighted by Gasteiger charge is -2.26. The summed E-state index contributed by atoms with van der Waals surface area (Å²) in [6, 6.07) is 7.00. The van der Waals surface area contributed by atoms with Crippen molar-refractivity contribution in [1.29, 1.82) is 0 Å². The van der Waals surface area contributed by atoms with Gasteiger partial charge in [-0.1, -0.05) is 39.0 Å². The van der Waals surface area contributed by atoms with Crippen molar-refractivity contribution < 1.29 is 4.39 Å². The number of halogens is 1. The van der Waals surface area contributed by atoms with Gasteiger partial charge in [0.1, 0.15) is 5.82 Å². The van der Waals surface area contributed by atoms with E-state index in [1.165, 1.54) is 6.07 Å². The first-order chi connectivity index (χ1) is 8.08. The summed E-state index contributed by atoms with van der Waals surface area (Å²) >= 11 is 0.